The van der Waals surface area contributed by atoms with Crippen molar-refractivity contribution >= 4 is 33.7 Å². The molecule has 3 rings (SSSR count). The minimum absolute atomic E-state index is 0.158. The van der Waals surface area contributed by atoms with Gasteiger partial charge in [-0.25, -0.2) is 4.79 Å². The van der Waals surface area contributed by atoms with Crippen molar-refractivity contribution in [3.8, 4) is 0 Å². The first-order valence-corrected chi connectivity index (χ1v) is 9.79. The summed E-state index contributed by atoms with van der Waals surface area (Å²) < 4.78 is 31.2. The van der Waals surface area contributed by atoms with Gasteiger partial charge in [0.25, 0.3) is 21.9 Å². The van der Waals surface area contributed by atoms with Crippen molar-refractivity contribution in [1.82, 2.24) is 10.2 Å². The zero-order valence-electron chi connectivity index (χ0n) is 14.6. The lowest BCUT2D eigenvalue weighted by molar-refractivity contribution is 0.0653. The van der Waals surface area contributed by atoms with Crippen molar-refractivity contribution in [2.45, 2.75) is 11.3 Å². The number of fused-ring (bicyclic) bond motifs is 1. The Kier molecular flexibility index (Phi) is 5.43. The van der Waals surface area contributed by atoms with Gasteiger partial charge in [0.2, 0.25) is 0 Å². The first kappa shape index (κ1) is 19.5. The summed E-state index contributed by atoms with van der Waals surface area (Å²) in [5.41, 5.74) is 0.932. The molecule has 3 N–H and O–H groups in total. The molecule has 2 aromatic rings. The van der Waals surface area contributed by atoms with E-state index in [4.69, 9.17) is 4.55 Å². The number of amides is 4. The molecule has 0 unspecified atom stereocenters. The van der Waals surface area contributed by atoms with Gasteiger partial charge in [-0.1, -0.05) is 18.2 Å². The van der Waals surface area contributed by atoms with Crippen LogP contribution in [0.5, 0.6) is 0 Å². The van der Waals surface area contributed by atoms with Crippen LogP contribution in [0.15, 0.2) is 53.4 Å². The van der Waals surface area contributed by atoms with E-state index in [1.54, 1.807) is 24.3 Å². The third kappa shape index (κ3) is 4.18. The van der Waals surface area contributed by atoms with Gasteiger partial charge in [-0.3, -0.25) is 19.0 Å². The Labute approximate surface area is 161 Å². The van der Waals surface area contributed by atoms with Crippen LogP contribution in [0.25, 0.3) is 0 Å². The summed E-state index contributed by atoms with van der Waals surface area (Å²) in [5, 5.41) is 4.99. The van der Waals surface area contributed by atoms with Crippen molar-refractivity contribution in [3.05, 3.63) is 59.7 Å². The lowest BCUT2D eigenvalue weighted by atomic mass is 10.1. The molecule has 0 atom stereocenters. The first-order chi connectivity index (χ1) is 13.3. The molecule has 1 aliphatic heterocycles. The molecule has 0 radical (unpaired) electrons. The number of benzene rings is 2. The molecule has 0 bridgehead atoms. The Balaban J connectivity index is 1.48. The fraction of sp³-hybridized carbons (Fsp3) is 0.167. The van der Waals surface area contributed by atoms with Crippen molar-refractivity contribution in [2.75, 3.05) is 18.4 Å². The van der Waals surface area contributed by atoms with E-state index in [2.05, 4.69) is 10.6 Å². The van der Waals surface area contributed by atoms with E-state index in [0.717, 1.165) is 11.0 Å². The van der Waals surface area contributed by atoms with Crippen LogP contribution in [0.4, 0.5) is 10.5 Å². The predicted octanol–water partition coefficient (Wildman–Crippen LogP) is 1.74. The third-order valence-electron chi connectivity index (χ3n) is 4.11. The summed E-state index contributed by atoms with van der Waals surface area (Å²) in [4.78, 5) is 37.1. The van der Waals surface area contributed by atoms with E-state index in [1.165, 1.54) is 18.2 Å². The maximum atomic E-state index is 12.2. The van der Waals surface area contributed by atoms with Crippen LogP contribution >= 0.6 is 0 Å². The fourth-order valence-electron chi connectivity index (χ4n) is 2.79. The first-order valence-electron chi connectivity index (χ1n) is 8.35. The molecule has 0 aromatic heterocycles. The van der Waals surface area contributed by atoms with Gasteiger partial charge in [-0.2, -0.15) is 8.42 Å². The molecule has 1 heterocycles. The Bertz CT molecular complexity index is 1020. The molecule has 9 nitrogen and oxygen atoms in total. The van der Waals surface area contributed by atoms with Crippen LogP contribution in [0.3, 0.4) is 0 Å². The third-order valence-corrected chi connectivity index (χ3v) is 4.96. The van der Waals surface area contributed by atoms with Crippen molar-refractivity contribution in [1.29, 1.82) is 0 Å². The lowest BCUT2D eigenvalue weighted by Crippen LogP contribution is -2.35. The largest absolute Gasteiger partial charge is 0.338 e. The van der Waals surface area contributed by atoms with Gasteiger partial charge < -0.3 is 10.6 Å². The molecule has 0 spiro atoms. The number of urea groups is 1. The summed E-state index contributed by atoms with van der Waals surface area (Å²) in [6.07, 6.45) is 0.351. The summed E-state index contributed by atoms with van der Waals surface area (Å²) in [6.45, 7) is 0.349. The molecule has 1 aliphatic rings. The van der Waals surface area contributed by atoms with Crippen LogP contribution < -0.4 is 10.6 Å². The highest BCUT2D eigenvalue weighted by Crippen LogP contribution is 2.22. The molecule has 28 heavy (non-hydrogen) atoms. The number of hydrogen-bond donors (Lipinski definition) is 3. The number of imide groups is 1. The van der Waals surface area contributed by atoms with E-state index in [-0.39, 0.29) is 35.5 Å². The molecule has 146 valence electrons. The van der Waals surface area contributed by atoms with Gasteiger partial charge in [0.15, 0.2) is 0 Å². The molecule has 10 heteroatoms. The van der Waals surface area contributed by atoms with Crippen molar-refractivity contribution in [3.63, 3.8) is 0 Å². The highest BCUT2D eigenvalue weighted by molar-refractivity contribution is 7.85. The molecular formula is C18H17N3O6S. The molecule has 4 amide bonds. The molecule has 0 saturated heterocycles. The number of nitrogens with one attached hydrogen (secondary N) is 2. The minimum Gasteiger partial charge on any atom is -0.338 e. The number of carbonyl (C=O) groups is 3. The maximum absolute atomic E-state index is 12.2. The van der Waals surface area contributed by atoms with Crippen molar-refractivity contribution in [2.24, 2.45) is 0 Å². The quantitative estimate of drug-likeness (QED) is 0.382. The monoisotopic (exact) mass is 403 g/mol. The Morgan fingerprint density at radius 2 is 1.64 bits per heavy atom. The topological polar surface area (TPSA) is 133 Å². The number of rotatable bonds is 6. The summed E-state index contributed by atoms with van der Waals surface area (Å²) in [7, 11) is -4.37. The van der Waals surface area contributed by atoms with Gasteiger partial charge in [0.05, 0.1) is 16.0 Å². The average Bonchev–Trinajstić information content (AvgIpc) is 2.89. The molecule has 0 aliphatic carbocycles. The Morgan fingerprint density at radius 1 is 1.00 bits per heavy atom. The SMILES string of the molecule is O=C(NCCCN1C(=O)c2ccccc2C1=O)Nc1cccc(S(=O)(=O)O)c1. The predicted molar refractivity (Wildman–Crippen MR) is 99.7 cm³/mol. The highest BCUT2D eigenvalue weighted by atomic mass is 32.2. The molecule has 0 saturated carbocycles. The second kappa shape index (κ2) is 7.79. The van der Waals surface area contributed by atoms with Gasteiger partial charge in [-0.15, -0.1) is 0 Å². The zero-order valence-corrected chi connectivity index (χ0v) is 15.4. The van der Waals surface area contributed by atoms with Crippen LogP contribution in [0.2, 0.25) is 0 Å². The number of nitrogens with zero attached hydrogens (tertiary/aromatic N) is 1. The van der Waals surface area contributed by atoms with Crippen LogP contribution in [-0.4, -0.2) is 48.8 Å². The van der Waals surface area contributed by atoms with Crippen LogP contribution in [0.1, 0.15) is 27.1 Å². The average molecular weight is 403 g/mol. The second-order valence-electron chi connectivity index (χ2n) is 6.04. The van der Waals surface area contributed by atoms with Crippen molar-refractivity contribution < 1.29 is 27.4 Å². The van der Waals surface area contributed by atoms with Gasteiger partial charge in [-0.05, 0) is 36.8 Å². The minimum atomic E-state index is -4.37. The van der Waals surface area contributed by atoms with Gasteiger partial charge in [0.1, 0.15) is 0 Å². The highest BCUT2D eigenvalue weighted by Gasteiger charge is 2.34. The van der Waals surface area contributed by atoms with E-state index < -0.39 is 16.1 Å². The normalized spacial score (nSPS) is 13.4. The summed E-state index contributed by atoms with van der Waals surface area (Å²) >= 11 is 0. The second-order valence-corrected chi connectivity index (χ2v) is 7.47. The smallest absolute Gasteiger partial charge is 0.319 e. The van der Waals surface area contributed by atoms with Crippen LogP contribution in [0, 0.1) is 0 Å². The van der Waals surface area contributed by atoms with E-state index >= 15 is 0 Å². The zero-order chi connectivity index (χ0) is 20.3. The number of carbonyl (C=O) groups excluding carboxylic acids is 3. The lowest BCUT2D eigenvalue weighted by Gasteiger charge is -2.14. The summed E-state index contributed by atoms with van der Waals surface area (Å²) in [6, 6.07) is 11.1. The number of anilines is 1. The molecule has 2 aromatic carbocycles. The molecule has 0 fully saturated rings. The maximum Gasteiger partial charge on any atom is 0.319 e. The van der Waals surface area contributed by atoms with Crippen LogP contribution in [-0.2, 0) is 10.1 Å². The number of hydrogen-bond acceptors (Lipinski definition) is 5. The summed E-state index contributed by atoms with van der Waals surface area (Å²) in [5.74, 6) is -0.709. The molecular weight excluding hydrogens is 386 g/mol. The Hall–Kier alpha value is -3.24. The van der Waals surface area contributed by atoms with Gasteiger partial charge >= 0.3 is 6.03 Å². The fourth-order valence-corrected chi connectivity index (χ4v) is 3.32. The van der Waals surface area contributed by atoms with Gasteiger partial charge in [0, 0.05) is 18.8 Å². The standard InChI is InChI=1S/C18H17N3O6S/c22-16-14-7-1-2-8-15(14)17(23)21(16)10-4-9-19-18(24)20-12-5-3-6-13(11-12)28(25,26)27/h1-3,5-8,11H,4,9-10H2,(H2,19,20,24)(H,25,26,27). The van der Waals surface area contributed by atoms with E-state index in [0.29, 0.717) is 17.5 Å². The van der Waals surface area contributed by atoms with E-state index in [1.807, 2.05) is 0 Å². The Morgan fingerprint density at radius 3 is 2.25 bits per heavy atom. The van der Waals surface area contributed by atoms with E-state index in [9.17, 15) is 22.8 Å².